The molecule has 2 heterocycles. The Morgan fingerprint density at radius 2 is 1.88 bits per heavy atom. The predicted octanol–water partition coefficient (Wildman–Crippen LogP) is 2.47. The minimum atomic E-state index is -3.41. The molecule has 3 rings (SSSR count). The van der Waals surface area contributed by atoms with Crippen molar-refractivity contribution in [3.63, 3.8) is 0 Å². The van der Waals surface area contributed by atoms with Crippen LogP contribution in [0.25, 0.3) is 0 Å². The van der Waals surface area contributed by atoms with E-state index in [4.69, 9.17) is 5.26 Å². The molecule has 0 aliphatic carbocycles. The van der Waals surface area contributed by atoms with Gasteiger partial charge in [-0.2, -0.15) is 9.57 Å². The van der Waals surface area contributed by atoms with E-state index in [2.05, 4.69) is 16.4 Å². The summed E-state index contributed by atoms with van der Waals surface area (Å²) < 4.78 is 26.8. The predicted molar refractivity (Wildman–Crippen MR) is 95.4 cm³/mol. The monoisotopic (exact) mass is 356 g/mol. The Labute approximate surface area is 148 Å². The van der Waals surface area contributed by atoms with Gasteiger partial charge in [0.2, 0.25) is 10.0 Å². The maximum absolute atomic E-state index is 12.6. The molecule has 0 spiro atoms. The maximum Gasteiger partial charge on any atom is 0.243 e. The van der Waals surface area contributed by atoms with Crippen molar-refractivity contribution in [3.05, 3.63) is 54.2 Å². The lowest BCUT2D eigenvalue weighted by molar-refractivity contribution is 0.282. The molecule has 0 saturated carbocycles. The molecule has 1 fully saturated rings. The Morgan fingerprint density at radius 1 is 1.16 bits per heavy atom. The Kier molecular flexibility index (Phi) is 5.31. The van der Waals surface area contributed by atoms with Gasteiger partial charge < -0.3 is 5.32 Å². The summed E-state index contributed by atoms with van der Waals surface area (Å²) in [5.41, 5.74) is 0.520. The largest absolute Gasteiger partial charge is 0.369 e. The minimum absolute atomic E-state index is 0.346. The van der Waals surface area contributed by atoms with Crippen LogP contribution in [-0.2, 0) is 10.0 Å². The lowest BCUT2D eigenvalue weighted by atomic mass is 9.98. The van der Waals surface area contributed by atoms with Crippen molar-refractivity contribution in [3.8, 4) is 6.07 Å². The zero-order valence-electron chi connectivity index (χ0n) is 13.8. The number of hydrogen-bond donors (Lipinski definition) is 1. The van der Waals surface area contributed by atoms with Crippen LogP contribution in [0, 0.1) is 17.2 Å². The maximum atomic E-state index is 12.6. The van der Waals surface area contributed by atoms with Gasteiger partial charge in [0.05, 0.1) is 10.5 Å². The zero-order valence-corrected chi connectivity index (χ0v) is 14.6. The van der Waals surface area contributed by atoms with Crippen molar-refractivity contribution in [2.24, 2.45) is 5.92 Å². The minimum Gasteiger partial charge on any atom is -0.369 e. The SMILES string of the molecule is N#Cc1cccnc1NCC1CCN(S(=O)(=O)c2ccccc2)CC1. The summed E-state index contributed by atoms with van der Waals surface area (Å²) in [6.07, 6.45) is 3.22. The van der Waals surface area contributed by atoms with E-state index in [-0.39, 0.29) is 0 Å². The first-order valence-electron chi connectivity index (χ1n) is 8.25. The molecule has 130 valence electrons. The molecule has 0 bridgehead atoms. The van der Waals surface area contributed by atoms with Gasteiger partial charge in [-0.3, -0.25) is 0 Å². The van der Waals surface area contributed by atoms with Crippen molar-refractivity contribution in [1.82, 2.24) is 9.29 Å². The number of nitrogens with one attached hydrogen (secondary N) is 1. The molecule has 0 amide bonds. The molecule has 7 heteroatoms. The van der Waals surface area contributed by atoms with E-state index < -0.39 is 10.0 Å². The quantitative estimate of drug-likeness (QED) is 0.889. The average Bonchev–Trinajstić information content (AvgIpc) is 2.67. The Hall–Kier alpha value is -2.43. The number of rotatable bonds is 5. The number of sulfonamides is 1. The number of nitriles is 1. The average molecular weight is 356 g/mol. The number of nitrogens with zero attached hydrogens (tertiary/aromatic N) is 3. The summed E-state index contributed by atoms with van der Waals surface area (Å²) >= 11 is 0. The smallest absolute Gasteiger partial charge is 0.243 e. The summed E-state index contributed by atoms with van der Waals surface area (Å²) in [6, 6.07) is 14.1. The van der Waals surface area contributed by atoms with Gasteiger partial charge in [-0.05, 0) is 43.0 Å². The first kappa shape index (κ1) is 17.4. The molecule has 1 aromatic carbocycles. The molecule has 1 N–H and O–H groups in total. The fourth-order valence-corrected chi connectivity index (χ4v) is 4.46. The van der Waals surface area contributed by atoms with Crippen molar-refractivity contribution in [2.75, 3.05) is 25.0 Å². The van der Waals surface area contributed by atoms with E-state index in [1.165, 1.54) is 0 Å². The number of pyridine rings is 1. The van der Waals surface area contributed by atoms with Crippen LogP contribution in [0.3, 0.4) is 0 Å². The van der Waals surface area contributed by atoms with E-state index >= 15 is 0 Å². The molecular formula is C18H20N4O2S. The van der Waals surface area contributed by atoms with E-state index in [0.29, 0.717) is 41.8 Å². The zero-order chi connectivity index (χ0) is 17.7. The summed E-state index contributed by atoms with van der Waals surface area (Å²) in [5, 5.41) is 12.3. The second-order valence-corrected chi connectivity index (χ2v) is 7.99. The number of benzene rings is 1. The normalized spacial score (nSPS) is 16.3. The lowest BCUT2D eigenvalue weighted by Crippen LogP contribution is -2.39. The fraction of sp³-hybridized carbons (Fsp3) is 0.333. The van der Waals surface area contributed by atoms with E-state index in [1.807, 2.05) is 6.07 Å². The van der Waals surface area contributed by atoms with E-state index in [0.717, 1.165) is 12.8 Å². The van der Waals surface area contributed by atoms with Crippen LogP contribution in [-0.4, -0.2) is 37.3 Å². The highest BCUT2D eigenvalue weighted by Gasteiger charge is 2.29. The highest BCUT2D eigenvalue weighted by Crippen LogP contribution is 2.24. The summed E-state index contributed by atoms with van der Waals surface area (Å²) in [4.78, 5) is 4.53. The van der Waals surface area contributed by atoms with Gasteiger partial charge in [0.1, 0.15) is 11.9 Å². The molecule has 0 atom stereocenters. The highest BCUT2D eigenvalue weighted by molar-refractivity contribution is 7.89. The van der Waals surface area contributed by atoms with Crippen molar-refractivity contribution >= 4 is 15.8 Å². The van der Waals surface area contributed by atoms with Gasteiger partial charge >= 0.3 is 0 Å². The van der Waals surface area contributed by atoms with Gasteiger partial charge in [-0.1, -0.05) is 18.2 Å². The van der Waals surface area contributed by atoms with Gasteiger partial charge in [0.25, 0.3) is 0 Å². The van der Waals surface area contributed by atoms with Gasteiger partial charge in [0.15, 0.2) is 0 Å². The molecular weight excluding hydrogens is 336 g/mol. The fourth-order valence-electron chi connectivity index (χ4n) is 2.97. The Balaban J connectivity index is 1.57. The first-order valence-corrected chi connectivity index (χ1v) is 9.69. The third kappa shape index (κ3) is 3.98. The first-order chi connectivity index (χ1) is 12.1. The summed E-state index contributed by atoms with van der Waals surface area (Å²) in [7, 11) is -3.41. The number of anilines is 1. The van der Waals surface area contributed by atoms with Crippen LogP contribution in [0.15, 0.2) is 53.6 Å². The van der Waals surface area contributed by atoms with Crippen LogP contribution in [0.2, 0.25) is 0 Å². The number of hydrogen-bond acceptors (Lipinski definition) is 5. The molecule has 1 aromatic heterocycles. The molecule has 1 aliphatic heterocycles. The number of aromatic nitrogens is 1. The van der Waals surface area contributed by atoms with Crippen molar-refractivity contribution in [1.29, 1.82) is 5.26 Å². The second kappa shape index (κ2) is 7.64. The van der Waals surface area contributed by atoms with Crippen LogP contribution < -0.4 is 5.32 Å². The molecule has 0 radical (unpaired) electrons. The lowest BCUT2D eigenvalue weighted by Gasteiger charge is -2.31. The summed E-state index contributed by atoms with van der Waals surface area (Å²) in [6.45, 7) is 1.71. The Morgan fingerprint density at radius 3 is 2.56 bits per heavy atom. The van der Waals surface area contributed by atoms with E-state index in [9.17, 15) is 8.42 Å². The molecule has 0 unspecified atom stereocenters. The topological polar surface area (TPSA) is 86.1 Å². The van der Waals surface area contributed by atoms with Gasteiger partial charge in [-0.15, -0.1) is 0 Å². The standard InChI is InChI=1S/C18H20N4O2S/c19-13-16-5-4-10-20-18(16)21-14-15-8-11-22(12-9-15)25(23,24)17-6-2-1-3-7-17/h1-7,10,15H,8-9,11-12,14H2,(H,20,21). The molecule has 1 aliphatic rings. The molecule has 25 heavy (non-hydrogen) atoms. The number of piperidine rings is 1. The molecule has 2 aromatic rings. The highest BCUT2D eigenvalue weighted by atomic mass is 32.2. The van der Waals surface area contributed by atoms with E-state index in [1.54, 1.807) is 46.9 Å². The van der Waals surface area contributed by atoms with Crippen molar-refractivity contribution in [2.45, 2.75) is 17.7 Å². The third-order valence-corrected chi connectivity index (χ3v) is 6.35. The molecule has 1 saturated heterocycles. The third-order valence-electron chi connectivity index (χ3n) is 4.44. The molecule has 6 nitrogen and oxygen atoms in total. The van der Waals surface area contributed by atoms with Crippen LogP contribution in [0.1, 0.15) is 18.4 Å². The van der Waals surface area contributed by atoms with Crippen molar-refractivity contribution < 1.29 is 8.42 Å². The Bertz CT molecular complexity index is 854. The van der Waals surface area contributed by atoms with Crippen LogP contribution >= 0.6 is 0 Å². The van der Waals surface area contributed by atoms with Gasteiger partial charge in [0, 0.05) is 25.8 Å². The summed E-state index contributed by atoms with van der Waals surface area (Å²) in [5.74, 6) is 0.945. The second-order valence-electron chi connectivity index (χ2n) is 6.05. The van der Waals surface area contributed by atoms with Crippen LogP contribution in [0.5, 0.6) is 0 Å². The van der Waals surface area contributed by atoms with Crippen LogP contribution in [0.4, 0.5) is 5.82 Å². The van der Waals surface area contributed by atoms with Gasteiger partial charge in [-0.25, -0.2) is 13.4 Å².